The molecule has 0 aromatic rings. The van der Waals surface area contributed by atoms with E-state index in [9.17, 15) is 19.0 Å². The summed E-state index contributed by atoms with van der Waals surface area (Å²) in [7, 11) is 1.49. The van der Waals surface area contributed by atoms with Crippen molar-refractivity contribution in [1.82, 2.24) is 0 Å². The molecule has 0 aliphatic rings. The van der Waals surface area contributed by atoms with Crippen molar-refractivity contribution >= 4 is 19.8 Å². The molecule has 2 unspecified atom stereocenters. The quantitative estimate of drug-likeness (QED) is 0.0211. The summed E-state index contributed by atoms with van der Waals surface area (Å²) in [5, 5.41) is 0. The second-order valence-corrected chi connectivity index (χ2v) is 26.0. The van der Waals surface area contributed by atoms with Crippen LogP contribution in [0.3, 0.4) is 0 Å². The van der Waals surface area contributed by atoms with Crippen LogP contribution in [0, 0.1) is 0 Å². The smallest absolute Gasteiger partial charge is 0.462 e. The minimum atomic E-state index is -4.39. The maximum Gasteiger partial charge on any atom is 0.472 e. The Bertz CT molecular complexity index is 1490. The number of allylic oxidation sites excluding steroid dienone is 8. The van der Waals surface area contributed by atoms with Crippen LogP contribution in [0.15, 0.2) is 48.6 Å². The summed E-state index contributed by atoms with van der Waals surface area (Å²) >= 11 is 0. The lowest BCUT2D eigenvalue weighted by atomic mass is 10.0. The number of unbranched alkanes of at least 4 members (excludes halogenated alkanes) is 42. The second kappa shape index (κ2) is 61.5. The fraction of sp³-hybridized carbons (Fsp3) is 0.857. The second-order valence-electron chi connectivity index (χ2n) is 24.6. The normalized spacial score (nSPS) is 13.4. The maximum atomic E-state index is 12.9. The highest BCUT2D eigenvalue weighted by molar-refractivity contribution is 7.47. The van der Waals surface area contributed by atoms with E-state index in [1.165, 1.54) is 257 Å². The summed E-state index contributed by atoms with van der Waals surface area (Å²) in [6.07, 6.45) is 79.3. The van der Waals surface area contributed by atoms with E-state index in [4.69, 9.17) is 18.5 Å². The molecule has 2 atom stereocenters. The zero-order valence-corrected chi connectivity index (χ0v) is 54.5. The lowest BCUT2D eigenvalue weighted by Gasteiger charge is -2.24. The Hall–Kier alpha value is -2.03. The molecule has 0 rings (SSSR count). The number of rotatable bonds is 64. The first-order valence-corrected chi connectivity index (χ1v) is 35.9. The van der Waals surface area contributed by atoms with Crippen molar-refractivity contribution in [3.8, 4) is 0 Å². The van der Waals surface area contributed by atoms with Gasteiger partial charge in [-0.15, -0.1) is 0 Å². The van der Waals surface area contributed by atoms with Gasteiger partial charge in [0.1, 0.15) is 19.8 Å². The van der Waals surface area contributed by atoms with Gasteiger partial charge < -0.3 is 18.9 Å². The van der Waals surface area contributed by atoms with E-state index in [-0.39, 0.29) is 32.0 Å². The van der Waals surface area contributed by atoms with Crippen molar-refractivity contribution in [3.63, 3.8) is 0 Å². The molecule has 0 heterocycles. The van der Waals surface area contributed by atoms with Gasteiger partial charge in [-0.3, -0.25) is 18.6 Å². The van der Waals surface area contributed by atoms with Gasteiger partial charge in [0.2, 0.25) is 0 Å². The number of hydrogen-bond donors (Lipinski definition) is 1. The molecular weight excluding hydrogens is 1010 g/mol. The van der Waals surface area contributed by atoms with Gasteiger partial charge in [0, 0.05) is 12.8 Å². The number of hydrogen-bond acceptors (Lipinski definition) is 7. The highest BCUT2D eigenvalue weighted by Gasteiger charge is 2.27. The Morgan fingerprint density at radius 2 is 0.675 bits per heavy atom. The Balaban J connectivity index is 3.98. The summed E-state index contributed by atoms with van der Waals surface area (Å²) in [6.45, 7) is 4.46. The summed E-state index contributed by atoms with van der Waals surface area (Å²) in [5.41, 5.74) is 0. The third-order valence-corrected chi connectivity index (χ3v) is 16.3. The van der Waals surface area contributed by atoms with Crippen LogP contribution in [0.4, 0.5) is 0 Å². The standard InChI is InChI=1S/C70H132NO8P/c1-6-8-10-12-14-16-18-20-22-24-26-28-29-30-31-32-33-34-35-36-37-38-39-40-41-43-45-47-49-51-53-55-57-59-61-63-70(73)79-68(67-78-80(74,75)77-65-64-71(3,4)5)66-76-69(72)62-60-58-56-54-52-50-48-46-44-42-27-25-23-21-19-17-15-13-11-9-7-2/h18-21,24-27,68H,6-17,22-23,28-67H2,1-5H3/p+1/b20-18-,21-19-,26-24-,27-25-. The Morgan fingerprint density at radius 1 is 0.388 bits per heavy atom. The van der Waals surface area contributed by atoms with Crippen LogP contribution in [0.25, 0.3) is 0 Å². The molecule has 0 radical (unpaired) electrons. The monoisotopic (exact) mass is 1150 g/mol. The van der Waals surface area contributed by atoms with Gasteiger partial charge in [-0.05, 0) is 77.0 Å². The number of likely N-dealkylation sites (N-methyl/N-ethyl adjacent to an activating group) is 1. The molecule has 10 heteroatoms. The van der Waals surface area contributed by atoms with Crippen molar-refractivity contribution < 1.29 is 42.1 Å². The van der Waals surface area contributed by atoms with Crippen LogP contribution in [-0.4, -0.2) is 74.9 Å². The maximum absolute atomic E-state index is 12.9. The number of carbonyl (C=O) groups is 2. The minimum absolute atomic E-state index is 0.0323. The molecular formula is C70H133NO8P+. The fourth-order valence-electron chi connectivity index (χ4n) is 10.0. The Kier molecular flexibility index (Phi) is 60.0. The van der Waals surface area contributed by atoms with Crippen LogP contribution >= 0.6 is 7.82 Å². The number of carbonyl (C=O) groups excluding carboxylic acids is 2. The van der Waals surface area contributed by atoms with Crippen molar-refractivity contribution in [2.45, 2.75) is 341 Å². The molecule has 9 nitrogen and oxygen atoms in total. The van der Waals surface area contributed by atoms with Crippen LogP contribution in [0.1, 0.15) is 335 Å². The molecule has 0 saturated heterocycles. The molecule has 80 heavy (non-hydrogen) atoms. The molecule has 0 aliphatic carbocycles. The third-order valence-electron chi connectivity index (χ3n) is 15.3. The molecule has 0 fully saturated rings. The first kappa shape index (κ1) is 78.0. The van der Waals surface area contributed by atoms with Gasteiger partial charge in [0.05, 0.1) is 27.7 Å². The Labute approximate surface area is 496 Å². The zero-order valence-electron chi connectivity index (χ0n) is 53.6. The van der Waals surface area contributed by atoms with Crippen molar-refractivity contribution in [2.24, 2.45) is 0 Å². The highest BCUT2D eigenvalue weighted by Crippen LogP contribution is 2.43. The lowest BCUT2D eigenvalue weighted by molar-refractivity contribution is -0.870. The number of phosphoric ester groups is 1. The molecule has 0 aromatic carbocycles. The molecule has 470 valence electrons. The topological polar surface area (TPSA) is 108 Å². The molecule has 0 aromatic heterocycles. The van der Waals surface area contributed by atoms with Crippen molar-refractivity contribution in [2.75, 3.05) is 47.5 Å². The van der Waals surface area contributed by atoms with E-state index in [1.807, 2.05) is 21.1 Å². The van der Waals surface area contributed by atoms with Crippen LogP contribution in [-0.2, 0) is 32.7 Å². The summed E-state index contributed by atoms with van der Waals surface area (Å²) in [4.78, 5) is 35.8. The lowest BCUT2D eigenvalue weighted by Crippen LogP contribution is -2.37. The fourth-order valence-corrected chi connectivity index (χ4v) is 10.8. The number of esters is 2. The third kappa shape index (κ3) is 65.1. The van der Waals surface area contributed by atoms with Crippen LogP contribution < -0.4 is 0 Å². The summed E-state index contributed by atoms with van der Waals surface area (Å²) in [5.74, 6) is -0.786. The van der Waals surface area contributed by atoms with E-state index in [0.717, 1.165) is 44.9 Å². The molecule has 0 spiro atoms. The van der Waals surface area contributed by atoms with Gasteiger partial charge in [-0.2, -0.15) is 0 Å². The zero-order chi connectivity index (χ0) is 58.4. The number of phosphoric acid groups is 1. The molecule has 0 aliphatic heterocycles. The predicted octanol–water partition coefficient (Wildman–Crippen LogP) is 22.1. The highest BCUT2D eigenvalue weighted by atomic mass is 31.2. The van der Waals surface area contributed by atoms with E-state index < -0.39 is 26.5 Å². The number of ether oxygens (including phenoxy) is 2. The number of quaternary nitrogens is 1. The van der Waals surface area contributed by atoms with E-state index >= 15 is 0 Å². The molecule has 0 saturated carbocycles. The average Bonchev–Trinajstić information content (AvgIpc) is 3.42. The van der Waals surface area contributed by atoms with Crippen molar-refractivity contribution in [1.29, 1.82) is 0 Å². The Morgan fingerprint density at radius 3 is 0.988 bits per heavy atom. The van der Waals surface area contributed by atoms with Gasteiger partial charge in [-0.25, -0.2) is 4.57 Å². The largest absolute Gasteiger partial charge is 0.472 e. The summed E-state index contributed by atoms with van der Waals surface area (Å²) < 4.78 is 34.7. The molecule has 1 N–H and O–H groups in total. The van der Waals surface area contributed by atoms with E-state index in [0.29, 0.717) is 17.4 Å². The number of nitrogens with zero attached hydrogens (tertiary/aromatic N) is 1. The first-order valence-electron chi connectivity index (χ1n) is 34.4. The average molecular weight is 1150 g/mol. The van der Waals surface area contributed by atoms with E-state index in [2.05, 4.69) is 62.5 Å². The van der Waals surface area contributed by atoms with Gasteiger partial charge in [0.15, 0.2) is 6.10 Å². The van der Waals surface area contributed by atoms with Gasteiger partial charge in [0.25, 0.3) is 0 Å². The predicted molar refractivity (Wildman–Crippen MR) is 344 cm³/mol. The SMILES string of the molecule is CCCCCCC/C=C\C/C=C\CCCCCCCCCCCCCCCCCCCCCCCCCC(=O)OC(COC(=O)CCCCCCCCCCC/C=C\C/C=C\CCCCCCC)COP(=O)(O)OCC[N+](C)(C)C. The first-order chi connectivity index (χ1) is 39.0. The molecule has 0 bridgehead atoms. The van der Waals surface area contributed by atoms with Crippen molar-refractivity contribution in [3.05, 3.63) is 48.6 Å². The van der Waals surface area contributed by atoms with Crippen LogP contribution in [0.2, 0.25) is 0 Å². The van der Waals surface area contributed by atoms with Crippen LogP contribution in [0.5, 0.6) is 0 Å². The molecule has 0 amide bonds. The van der Waals surface area contributed by atoms with Gasteiger partial charge in [-0.1, -0.05) is 294 Å². The minimum Gasteiger partial charge on any atom is -0.462 e. The van der Waals surface area contributed by atoms with Gasteiger partial charge >= 0.3 is 19.8 Å². The summed E-state index contributed by atoms with van der Waals surface area (Å²) in [6, 6.07) is 0. The van der Waals surface area contributed by atoms with E-state index in [1.54, 1.807) is 0 Å².